The van der Waals surface area contributed by atoms with E-state index in [2.05, 4.69) is 185 Å². The van der Waals surface area contributed by atoms with Crippen LogP contribution in [-0.4, -0.2) is 24.1 Å². The van der Waals surface area contributed by atoms with Crippen molar-refractivity contribution in [3.05, 3.63) is 200 Å². The van der Waals surface area contributed by atoms with Crippen LogP contribution in [0.2, 0.25) is 0 Å². The van der Waals surface area contributed by atoms with Gasteiger partial charge >= 0.3 is 0 Å². The Morgan fingerprint density at radius 2 is 0.964 bits per heavy atom. The molecule has 5 heteroatoms. The van der Waals surface area contributed by atoms with E-state index >= 15 is 0 Å². The lowest BCUT2D eigenvalue weighted by molar-refractivity contribution is 1.14. The molecule has 0 radical (unpaired) electrons. The Morgan fingerprint density at radius 1 is 0.357 bits per heavy atom. The van der Waals surface area contributed by atoms with Crippen molar-refractivity contribution >= 4 is 43.7 Å². The highest BCUT2D eigenvalue weighted by atomic mass is 15.0. The van der Waals surface area contributed by atoms with Crippen LogP contribution in [0.1, 0.15) is 0 Å². The predicted molar refractivity (Wildman–Crippen MR) is 230 cm³/mol. The molecule has 0 N–H and O–H groups in total. The molecule has 262 valence electrons. The molecule has 0 bridgehead atoms. The van der Waals surface area contributed by atoms with E-state index in [0.717, 1.165) is 78.2 Å². The SMILES string of the molecule is c1ccc(-c2cc(-c3ccccc3)nc(-c3cccc(-n4c5ccccc5c5cccc(-c6ccc7c(c6)c6cccnc6n7-c6ccccc6)c54)c3)n2)cc1. The Morgan fingerprint density at radius 3 is 1.73 bits per heavy atom. The first kappa shape index (κ1) is 31.9. The van der Waals surface area contributed by atoms with Gasteiger partial charge in [0.05, 0.1) is 27.9 Å². The van der Waals surface area contributed by atoms with E-state index < -0.39 is 0 Å². The van der Waals surface area contributed by atoms with Crippen molar-refractivity contribution in [2.75, 3.05) is 0 Å². The molecule has 0 atom stereocenters. The number of nitrogens with zero attached hydrogens (tertiary/aromatic N) is 5. The van der Waals surface area contributed by atoms with Gasteiger partial charge in [-0.3, -0.25) is 4.57 Å². The number of fused-ring (bicyclic) bond motifs is 6. The second kappa shape index (κ2) is 13.0. The van der Waals surface area contributed by atoms with Crippen LogP contribution in [0.5, 0.6) is 0 Å². The molecule has 4 heterocycles. The van der Waals surface area contributed by atoms with Crippen molar-refractivity contribution in [3.8, 4) is 56.4 Å². The summed E-state index contributed by atoms with van der Waals surface area (Å²) < 4.78 is 4.66. The fourth-order valence-electron chi connectivity index (χ4n) is 8.25. The molecule has 0 aliphatic heterocycles. The Balaban J connectivity index is 1.12. The van der Waals surface area contributed by atoms with Crippen LogP contribution in [0.3, 0.4) is 0 Å². The molecule has 7 aromatic carbocycles. The highest BCUT2D eigenvalue weighted by Crippen LogP contribution is 2.41. The average molecular weight is 716 g/mol. The molecule has 0 unspecified atom stereocenters. The largest absolute Gasteiger partial charge is 0.309 e. The summed E-state index contributed by atoms with van der Waals surface area (Å²) in [6, 6.07) is 68.3. The van der Waals surface area contributed by atoms with Gasteiger partial charge in [-0.2, -0.15) is 0 Å². The van der Waals surface area contributed by atoms with Gasteiger partial charge in [-0.15, -0.1) is 0 Å². The van der Waals surface area contributed by atoms with Crippen LogP contribution in [0.25, 0.3) is 100 Å². The van der Waals surface area contributed by atoms with E-state index in [1.807, 2.05) is 24.4 Å². The van der Waals surface area contributed by atoms with Gasteiger partial charge < -0.3 is 4.57 Å². The topological polar surface area (TPSA) is 48.5 Å². The molecule has 11 rings (SSSR count). The smallest absolute Gasteiger partial charge is 0.160 e. The van der Waals surface area contributed by atoms with Gasteiger partial charge in [-0.1, -0.05) is 133 Å². The number of hydrogen-bond donors (Lipinski definition) is 0. The van der Waals surface area contributed by atoms with Crippen LogP contribution >= 0.6 is 0 Å². The monoisotopic (exact) mass is 715 g/mol. The van der Waals surface area contributed by atoms with Gasteiger partial charge in [-0.05, 0) is 66.2 Å². The lowest BCUT2D eigenvalue weighted by Crippen LogP contribution is -1.99. The predicted octanol–water partition coefficient (Wildman–Crippen LogP) is 12.7. The van der Waals surface area contributed by atoms with Gasteiger partial charge in [0.1, 0.15) is 5.65 Å². The summed E-state index contributed by atoms with van der Waals surface area (Å²) in [7, 11) is 0. The summed E-state index contributed by atoms with van der Waals surface area (Å²) in [6.07, 6.45) is 1.88. The third kappa shape index (κ3) is 5.21. The van der Waals surface area contributed by atoms with Crippen molar-refractivity contribution in [3.63, 3.8) is 0 Å². The normalized spacial score (nSPS) is 11.6. The first-order valence-electron chi connectivity index (χ1n) is 18.9. The molecule has 0 aliphatic rings. The summed E-state index contributed by atoms with van der Waals surface area (Å²) >= 11 is 0. The molecule has 0 fully saturated rings. The number of para-hydroxylation sites is 3. The van der Waals surface area contributed by atoms with Crippen molar-refractivity contribution in [2.45, 2.75) is 0 Å². The van der Waals surface area contributed by atoms with Crippen LogP contribution in [0, 0.1) is 0 Å². The summed E-state index contributed by atoms with van der Waals surface area (Å²) in [5.74, 6) is 0.682. The van der Waals surface area contributed by atoms with Crippen LogP contribution < -0.4 is 0 Å². The highest BCUT2D eigenvalue weighted by Gasteiger charge is 2.20. The lowest BCUT2D eigenvalue weighted by atomic mass is 10.00. The Labute approximate surface area is 323 Å². The fourth-order valence-corrected chi connectivity index (χ4v) is 8.25. The zero-order chi connectivity index (χ0) is 37.0. The minimum atomic E-state index is 0.682. The zero-order valence-electron chi connectivity index (χ0n) is 30.3. The van der Waals surface area contributed by atoms with Gasteiger partial charge in [0.15, 0.2) is 5.82 Å². The molecule has 0 amide bonds. The quantitative estimate of drug-likeness (QED) is 0.172. The maximum atomic E-state index is 5.16. The van der Waals surface area contributed by atoms with Crippen molar-refractivity contribution in [2.24, 2.45) is 0 Å². The van der Waals surface area contributed by atoms with Gasteiger partial charge in [0.2, 0.25) is 0 Å². The van der Waals surface area contributed by atoms with E-state index in [9.17, 15) is 0 Å². The van der Waals surface area contributed by atoms with Crippen molar-refractivity contribution < 1.29 is 0 Å². The van der Waals surface area contributed by atoms with Crippen LogP contribution in [0.15, 0.2) is 200 Å². The van der Waals surface area contributed by atoms with Crippen molar-refractivity contribution in [1.82, 2.24) is 24.1 Å². The summed E-state index contributed by atoms with van der Waals surface area (Å²) in [5.41, 5.74) is 13.6. The van der Waals surface area contributed by atoms with E-state index in [1.165, 1.54) is 16.2 Å². The molecular formula is C51H33N5. The number of hydrogen-bond acceptors (Lipinski definition) is 3. The van der Waals surface area contributed by atoms with Gasteiger partial charge in [-0.25, -0.2) is 15.0 Å². The molecule has 5 nitrogen and oxygen atoms in total. The summed E-state index contributed by atoms with van der Waals surface area (Å²) in [4.78, 5) is 15.2. The Bertz CT molecular complexity index is 3180. The number of rotatable bonds is 6. The molecule has 11 aromatic rings. The summed E-state index contributed by atoms with van der Waals surface area (Å²) in [5, 5.41) is 4.70. The average Bonchev–Trinajstić information content (AvgIpc) is 3.80. The van der Waals surface area contributed by atoms with Crippen LogP contribution in [0.4, 0.5) is 0 Å². The molecule has 0 spiro atoms. The molecule has 4 aromatic heterocycles. The zero-order valence-corrected chi connectivity index (χ0v) is 30.3. The van der Waals surface area contributed by atoms with Gasteiger partial charge in [0.25, 0.3) is 0 Å². The van der Waals surface area contributed by atoms with Crippen molar-refractivity contribution in [1.29, 1.82) is 0 Å². The first-order chi connectivity index (χ1) is 27.8. The van der Waals surface area contributed by atoms with E-state index in [-0.39, 0.29) is 0 Å². The molecule has 0 aliphatic carbocycles. The minimum absolute atomic E-state index is 0.682. The first-order valence-corrected chi connectivity index (χ1v) is 18.9. The molecule has 0 saturated heterocycles. The standard InChI is InChI=1S/C51H33N5/c1-4-15-34(16-5-1)45-33-46(35-17-6-2-7-18-35)54-50(53-45)37-19-12-22-39(31-37)55-47-27-11-10-23-41(47)42-25-13-24-40(49(42)55)36-28-29-48-44(32-36)43-26-14-30-52-51(43)56(48)38-20-8-3-9-21-38/h1-33H. The Kier molecular flexibility index (Phi) is 7.42. The Hall–Kier alpha value is -7.63. The summed E-state index contributed by atoms with van der Waals surface area (Å²) in [6.45, 7) is 0. The number of pyridine rings is 1. The second-order valence-electron chi connectivity index (χ2n) is 14.1. The molecular weight excluding hydrogens is 683 g/mol. The third-order valence-corrected chi connectivity index (χ3v) is 10.8. The van der Waals surface area contributed by atoms with E-state index in [1.54, 1.807) is 0 Å². The fraction of sp³-hybridized carbons (Fsp3) is 0. The highest BCUT2D eigenvalue weighted by molar-refractivity contribution is 6.15. The van der Waals surface area contributed by atoms with E-state index in [0.29, 0.717) is 5.82 Å². The minimum Gasteiger partial charge on any atom is -0.309 e. The van der Waals surface area contributed by atoms with Crippen LogP contribution in [-0.2, 0) is 0 Å². The van der Waals surface area contributed by atoms with E-state index in [4.69, 9.17) is 15.0 Å². The third-order valence-electron chi connectivity index (χ3n) is 10.8. The molecule has 56 heavy (non-hydrogen) atoms. The number of aromatic nitrogens is 5. The maximum Gasteiger partial charge on any atom is 0.160 e. The maximum absolute atomic E-state index is 5.16. The second-order valence-corrected chi connectivity index (χ2v) is 14.1. The number of benzene rings is 7. The lowest BCUT2D eigenvalue weighted by Gasteiger charge is -2.14. The molecule has 0 saturated carbocycles. The van der Waals surface area contributed by atoms with Gasteiger partial charge in [0, 0.05) is 61.4 Å².